The first kappa shape index (κ1) is 54.3. The number of nitrogens with one attached hydrogen (secondary N) is 2. The number of fused-ring (bicyclic) bond motifs is 2. The number of pyridine rings is 1. The molecule has 3 aromatic carbocycles. The number of carbonyl (C=O) groups excluding carboxylic acids is 2. The minimum Gasteiger partial charge on any atom is -0.497 e. The minimum atomic E-state index is -3.92. The zero-order chi connectivity index (χ0) is 53.4. The Morgan fingerprint density at radius 3 is 2.25 bits per heavy atom. The van der Waals surface area contributed by atoms with Crippen molar-refractivity contribution in [3.05, 3.63) is 136 Å². The van der Waals surface area contributed by atoms with Crippen LogP contribution in [0.5, 0.6) is 11.5 Å². The first-order chi connectivity index (χ1) is 36.1. The topological polar surface area (TPSA) is 301 Å². The van der Waals surface area contributed by atoms with Crippen LogP contribution in [-0.4, -0.2) is 103 Å². The van der Waals surface area contributed by atoms with Gasteiger partial charge in [0.15, 0.2) is 35.3 Å². The number of aromatic nitrogens is 7. The Morgan fingerprint density at radius 2 is 1.64 bits per heavy atom. The van der Waals surface area contributed by atoms with E-state index in [2.05, 4.69) is 25.3 Å². The van der Waals surface area contributed by atoms with Gasteiger partial charge in [0.05, 0.1) is 58.4 Å². The number of benzene rings is 3. The second kappa shape index (κ2) is 23.7. The Kier molecular flexibility index (Phi) is 17.2. The standard InChI is InChI=1S/C48H49FN10O13P2S/c1-28(2)44(61)56-47-55-43-39(45(62)57-47)53-27-59(43)46-40(72-73(63)64)38(49)36(71-46)25-70-74(75,68-21-8-19-50)69-22-20-58-37(54-35-23-29(41(51)60)24-52-42(35)58)26-67-48(30-9-6-5-7-10-30,31-11-15-33(65-3)16-12-31)32-13-17-34(66-4)18-14-32/h5-7,9-18,23-24,27-28,36,38,40,46H,8,20-22,25-26H2,1-4H3,(H4-,51,55,56,57,60,61,62,63,64)/p+1/t36-,38-,40-,46-,74?/m1/s1. The van der Waals surface area contributed by atoms with E-state index in [-0.39, 0.29) is 55.5 Å². The fourth-order valence-electron chi connectivity index (χ4n) is 8.21. The lowest BCUT2D eigenvalue weighted by Crippen LogP contribution is -2.33. The third-order valence-corrected chi connectivity index (χ3v) is 14.7. The third kappa shape index (κ3) is 12.0. The predicted molar refractivity (Wildman–Crippen MR) is 271 cm³/mol. The van der Waals surface area contributed by atoms with Crippen molar-refractivity contribution < 1.29 is 60.5 Å². The number of methoxy groups -OCH3 is 2. The maximum atomic E-state index is 16.5. The number of nitriles is 1. The molecule has 5 heterocycles. The van der Waals surface area contributed by atoms with Crippen molar-refractivity contribution in [1.82, 2.24) is 34.1 Å². The van der Waals surface area contributed by atoms with E-state index < -0.39 is 75.1 Å². The summed E-state index contributed by atoms with van der Waals surface area (Å²) in [6.45, 7) is -2.00. The molecule has 0 radical (unpaired) electrons. The molecule has 1 aliphatic heterocycles. The number of hydrogen-bond acceptors (Lipinski definition) is 18. The zero-order valence-corrected chi connectivity index (χ0v) is 43.2. The van der Waals surface area contributed by atoms with Gasteiger partial charge in [-0.15, -0.1) is 9.42 Å². The molecule has 0 spiro atoms. The zero-order valence-electron chi connectivity index (χ0n) is 40.6. The van der Waals surface area contributed by atoms with E-state index in [1.165, 1.54) is 12.3 Å². The Hall–Kier alpha value is -6.94. The first-order valence-corrected chi connectivity index (χ1v) is 26.7. The van der Waals surface area contributed by atoms with Crippen LogP contribution in [-0.2, 0) is 67.5 Å². The number of rotatable bonds is 24. The second-order valence-electron chi connectivity index (χ2n) is 16.9. The van der Waals surface area contributed by atoms with E-state index in [1.54, 1.807) is 32.6 Å². The molecule has 8 rings (SSSR count). The number of anilines is 1. The molecule has 1 fully saturated rings. The summed E-state index contributed by atoms with van der Waals surface area (Å²) in [4.78, 5) is 67.7. The summed E-state index contributed by atoms with van der Waals surface area (Å²) >= 11 is 5.82. The van der Waals surface area contributed by atoms with Gasteiger partial charge >= 0.3 is 15.0 Å². The van der Waals surface area contributed by atoms with Gasteiger partial charge in [-0.3, -0.25) is 29.3 Å². The van der Waals surface area contributed by atoms with Crippen molar-refractivity contribution in [3.8, 4) is 17.6 Å². The molecule has 0 bridgehead atoms. The van der Waals surface area contributed by atoms with Gasteiger partial charge in [-0.25, -0.2) is 19.3 Å². The fraction of sp³-hybridized carbons (Fsp3) is 0.333. The molecule has 1 saturated heterocycles. The number of primary amides is 1. The van der Waals surface area contributed by atoms with Crippen LogP contribution in [0.4, 0.5) is 10.3 Å². The van der Waals surface area contributed by atoms with Gasteiger partial charge in [0, 0.05) is 23.2 Å². The lowest BCUT2D eigenvalue weighted by molar-refractivity contribution is -0.118. The van der Waals surface area contributed by atoms with Gasteiger partial charge in [0.1, 0.15) is 41.2 Å². The fourth-order valence-corrected chi connectivity index (χ4v) is 10.4. The maximum Gasteiger partial charge on any atom is 0.695 e. The summed E-state index contributed by atoms with van der Waals surface area (Å²) in [5.74, 6) is -0.316. The van der Waals surface area contributed by atoms with Crippen LogP contribution in [0.1, 0.15) is 59.4 Å². The molecule has 5 N–H and O–H groups in total. The van der Waals surface area contributed by atoms with Crippen molar-refractivity contribution in [3.63, 3.8) is 0 Å². The summed E-state index contributed by atoms with van der Waals surface area (Å²) in [5, 5.41) is 11.9. The molecule has 2 amide bonds. The van der Waals surface area contributed by atoms with E-state index in [1.807, 2.05) is 84.9 Å². The van der Waals surface area contributed by atoms with Crippen LogP contribution in [0.3, 0.4) is 0 Å². The van der Waals surface area contributed by atoms with E-state index in [9.17, 15) is 29.1 Å². The highest BCUT2D eigenvalue weighted by molar-refractivity contribution is 8.07. The van der Waals surface area contributed by atoms with Crippen LogP contribution in [0.15, 0.2) is 102 Å². The number of nitrogens with two attached hydrogens (primary N) is 1. The van der Waals surface area contributed by atoms with E-state index in [4.69, 9.17) is 59.6 Å². The van der Waals surface area contributed by atoms with Crippen molar-refractivity contribution in [2.45, 2.75) is 63.6 Å². The normalized spacial score (nSPS) is 17.7. The molecule has 6 atom stereocenters. The van der Waals surface area contributed by atoms with E-state index in [0.29, 0.717) is 28.5 Å². The van der Waals surface area contributed by atoms with Crippen molar-refractivity contribution in [2.75, 3.05) is 39.4 Å². The summed E-state index contributed by atoms with van der Waals surface area (Å²) in [6, 6.07) is 28.0. The highest BCUT2D eigenvalue weighted by atomic mass is 32.5. The number of aromatic amines is 1. The SMILES string of the molecule is COc1ccc(C(OCc2nc3cc(C(N)=O)cnc3n2CCOP(=S)(OCCC#N)OC[C@H]2O[C@@H](n3cnc4c(=O)[nH]c(NC(=O)C(C)C)nc43)[C@H](O[P+](=O)O)[C@@H]2F)(c2ccccc2)c2ccc(OC)cc2)cc1. The van der Waals surface area contributed by atoms with Gasteiger partial charge in [-0.1, -0.05) is 68.4 Å². The average molecular weight is 1090 g/mol. The molecule has 0 saturated carbocycles. The van der Waals surface area contributed by atoms with Crippen LogP contribution in [0.2, 0.25) is 0 Å². The molecular weight excluding hydrogens is 1040 g/mol. The number of nitrogens with zero attached hydrogens (tertiary/aromatic N) is 7. The quantitative estimate of drug-likeness (QED) is 0.0296. The first-order valence-electron chi connectivity index (χ1n) is 23.0. The maximum absolute atomic E-state index is 16.5. The van der Waals surface area contributed by atoms with Gasteiger partial charge < -0.3 is 42.8 Å². The van der Waals surface area contributed by atoms with E-state index >= 15 is 4.39 Å². The Labute approximate surface area is 433 Å². The van der Waals surface area contributed by atoms with Crippen molar-refractivity contribution in [1.29, 1.82) is 5.26 Å². The summed E-state index contributed by atoms with van der Waals surface area (Å²) in [7, 11) is -0.261. The number of halogens is 1. The molecule has 1 aliphatic rings. The number of amides is 2. The van der Waals surface area contributed by atoms with Crippen LogP contribution in [0.25, 0.3) is 22.3 Å². The molecule has 0 aliphatic carbocycles. The van der Waals surface area contributed by atoms with Crippen molar-refractivity contribution in [2.24, 2.45) is 11.7 Å². The number of alkyl halides is 1. The molecule has 392 valence electrons. The molecule has 7 aromatic rings. The lowest BCUT2D eigenvalue weighted by Gasteiger charge is -2.36. The lowest BCUT2D eigenvalue weighted by atomic mass is 9.80. The molecule has 2 unspecified atom stereocenters. The molecule has 23 nitrogen and oxygen atoms in total. The number of imidazole rings is 2. The number of H-pyrrole nitrogens is 1. The average Bonchev–Trinajstić information content (AvgIpc) is 4.09. The summed E-state index contributed by atoms with van der Waals surface area (Å²) in [5.41, 5.74) is 6.23. The number of ether oxygens (including phenoxy) is 4. The second-order valence-corrected chi connectivity index (χ2v) is 20.6. The van der Waals surface area contributed by atoms with Crippen molar-refractivity contribution >= 4 is 66.9 Å². The highest BCUT2D eigenvalue weighted by Crippen LogP contribution is 2.51. The minimum absolute atomic E-state index is 0.0302. The van der Waals surface area contributed by atoms with Crippen LogP contribution >= 0.6 is 15.0 Å². The van der Waals surface area contributed by atoms with Gasteiger partial charge in [-0.05, 0) is 58.8 Å². The largest absolute Gasteiger partial charge is 0.695 e. The van der Waals surface area contributed by atoms with Crippen LogP contribution in [0, 0.1) is 17.2 Å². The van der Waals surface area contributed by atoms with E-state index in [0.717, 1.165) is 27.6 Å². The predicted octanol–water partition coefficient (Wildman–Crippen LogP) is 6.24. The Morgan fingerprint density at radius 1 is 0.987 bits per heavy atom. The Balaban J connectivity index is 1.08. The number of hydrogen-bond donors (Lipinski definition) is 4. The summed E-state index contributed by atoms with van der Waals surface area (Å²) < 4.78 is 78.7. The molecule has 27 heteroatoms. The van der Waals surface area contributed by atoms with Gasteiger partial charge in [0.25, 0.3) is 5.56 Å². The number of carbonyl (C=O) groups is 2. The third-order valence-electron chi connectivity index (χ3n) is 11.9. The monoisotopic (exact) mass is 1090 g/mol. The van der Waals surface area contributed by atoms with Gasteiger partial charge in [0.2, 0.25) is 17.8 Å². The highest BCUT2D eigenvalue weighted by Gasteiger charge is 2.52. The molecule has 4 aromatic heterocycles. The van der Waals surface area contributed by atoms with Crippen LogP contribution < -0.4 is 26.1 Å². The smallest absolute Gasteiger partial charge is 0.497 e. The molecule has 75 heavy (non-hydrogen) atoms. The molecular formula is C48H50FN10O13P2S+. The summed E-state index contributed by atoms with van der Waals surface area (Å²) in [6.07, 6.45) is -4.78. The van der Waals surface area contributed by atoms with Gasteiger partial charge in [-0.2, -0.15) is 10.2 Å². The Bertz CT molecular complexity index is 3290.